The lowest BCUT2D eigenvalue weighted by Gasteiger charge is -2.09. The van der Waals surface area contributed by atoms with Crippen LogP contribution in [-0.4, -0.2) is 16.1 Å². The van der Waals surface area contributed by atoms with Crippen LogP contribution in [0.3, 0.4) is 0 Å². The quantitative estimate of drug-likeness (QED) is 0.710. The van der Waals surface area contributed by atoms with Crippen molar-refractivity contribution in [1.82, 2.24) is 4.98 Å². The summed E-state index contributed by atoms with van der Waals surface area (Å²) in [7, 11) is 0. The molecule has 14 heavy (non-hydrogen) atoms. The minimum Gasteiger partial charge on any atom is -0.481 e. The molecule has 0 aliphatic rings. The van der Waals surface area contributed by atoms with Crippen molar-refractivity contribution in [3.63, 3.8) is 0 Å². The number of carboxylic acid groups (broad SMARTS) is 1. The number of nitrogens with two attached hydrogens (primary N) is 1. The van der Waals surface area contributed by atoms with Crippen LogP contribution in [0.4, 0.5) is 4.39 Å². The Hall–Kier alpha value is -1.49. The van der Waals surface area contributed by atoms with Crippen LogP contribution in [0.1, 0.15) is 23.6 Å². The van der Waals surface area contributed by atoms with E-state index in [1.807, 2.05) is 0 Å². The molecule has 0 spiro atoms. The van der Waals surface area contributed by atoms with Gasteiger partial charge in [0.1, 0.15) is 0 Å². The molecular weight excluding hydrogens is 187 g/mol. The van der Waals surface area contributed by atoms with Crippen LogP contribution in [0.2, 0.25) is 0 Å². The van der Waals surface area contributed by atoms with Gasteiger partial charge < -0.3 is 10.8 Å². The molecule has 0 aliphatic heterocycles. The largest absolute Gasteiger partial charge is 0.481 e. The van der Waals surface area contributed by atoms with E-state index in [1.54, 1.807) is 6.92 Å². The number of aromatic nitrogens is 1. The van der Waals surface area contributed by atoms with E-state index in [4.69, 9.17) is 10.8 Å². The lowest BCUT2D eigenvalue weighted by atomic mass is 10.1. The first-order valence-electron chi connectivity index (χ1n) is 4.10. The number of carboxylic acids is 1. The van der Waals surface area contributed by atoms with Gasteiger partial charge in [-0.05, 0) is 18.6 Å². The molecule has 0 saturated carbocycles. The predicted molar refractivity (Wildman–Crippen MR) is 48.1 cm³/mol. The fourth-order valence-electron chi connectivity index (χ4n) is 1.09. The van der Waals surface area contributed by atoms with Gasteiger partial charge in [-0.1, -0.05) is 0 Å². The van der Waals surface area contributed by atoms with Crippen LogP contribution in [0, 0.1) is 12.9 Å². The lowest BCUT2D eigenvalue weighted by Crippen LogP contribution is -2.15. The molecule has 0 aliphatic carbocycles. The second-order valence-electron chi connectivity index (χ2n) is 3.08. The van der Waals surface area contributed by atoms with Gasteiger partial charge in [0.2, 0.25) is 5.95 Å². The molecule has 0 aromatic carbocycles. The highest BCUT2D eigenvalue weighted by molar-refractivity contribution is 5.67. The van der Waals surface area contributed by atoms with E-state index in [9.17, 15) is 9.18 Å². The van der Waals surface area contributed by atoms with Gasteiger partial charge in [0.15, 0.2) is 0 Å². The summed E-state index contributed by atoms with van der Waals surface area (Å²) >= 11 is 0. The first kappa shape index (κ1) is 10.6. The smallest absolute Gasteiger partial charge is 0.305 e. The molecule has 76 valence electrons. The van der Waals surface area contributed by atoms with Crippen LogP contribution in [-0.2, 0) is 4.79 Å². The van der Waals surface area contributed by atoms with Crippen LogP contribution in [0.25, 0.3) is 0 Å². The Bertz CT molecular complexity index is 355. The summed E-state index contributed by atoms with van der Waals surface area (Å²) in [5, 5.41) is 8.49. The summed E-state index contributed by atoms with van der Waals surface area (Å²) in [5.74, 6) is -1.55. The molecule has 1 aromatic rings. The minimum atomic E-state index is -0.987. The lowest BCUT2D eigenvalue weighted by molar-refractivity contribution is -0.137. The monoisotopic (exact) mass is 198 g/mol. The highest BCUT2D eigenvalue weighted by Crippen LogP contribution is 2.15. The molecular formula is C9H11FN2O2. The predicted octanol–water partition coefficient (Wildman–Crippen LogP) is 1.00. The number of pyridine rings is 1. The number of nitrogens with zero attached hydrogens (tertiary/aromatic N) is 1. The molecule has 0 amide bonds. The van der Waals surface area contributed by atoms with Crippen LogP contribution in [0.15, 0.2) is 12.3 Å². The third-order valence-electron chi connectivity index (χ3n) is 1.86. The molecule has 0 radical (unpaired) electrons. The van der Waals surface area contributed by atoms with Crippen molar-refractivity contribution in [3.05, 3.63) is 29.3 Å². The van der Waals surface area contributed by atoms with Crippen LogP contribution in [0.5, 0.6) is 0 Å². The highest BCUT2D eigenvalue weighted by Gasteiger charge is 2.12. The van der Waals surface area contributed by atoms with Gasteiger partial charge in [0, 0.05) is 17.8 Å². The Morgan fingerprint density at radius 2 is 2.43 bits per heavy atom. The summed E-state index contributed by atoms with van der Waals surface area (Å²) in [6, 6.07) is 0.870. The SMILES string of the molecule is Cc1cc([C@@H](N)CC(=O)O)cnc1F. The van der Waals surface area contributed by atoms with E-state index in [-0.39, 0.29) is 6.42 Å². The number of carbonyl (C=O) groups is 1. The van der Waals surface area contributed by atoms with Gasteiger partial charge in [-0.25, -0.2) is 4.98 Å². The van der Waals surface area contributed by atoms with Crippen molar-refractivity contribution in [2.45, 2.75) is 19.4 Å². The van der Waals surface area contributed by atoms with Gasteiger partial charge >= 0.3 is 5.97 Å². The maximum absolute atomic E-state index is 12.8. The number of hydrogen-bond donors (Lipinski definition) is 2. The Balaban J connectivity index is 2.85. The summed E-state index contributed by atoms with van der Waals surface area (Å²) in [6.45, 7) is 1.55. The van der Waals surface area contributed by atoms with Crippen molar-refractivity contribution >= 4 is 5.97 Å². The maximum atomic E-state index is 12.8. The first-order valence-corrected chi connectivity index (χ1v) is 4.10. The Labute approximate surface area is 80.6 Å². The second-order valence-corrected chi connectivity index (χ2v) is 3.08. The Morgan fingerprint density at radius 1 is 1.79 bits per heavy atom. The normalized spacial score (nSPS) is 12.5. The van der Waals surface area contributed by atoms with E-state index in [0.29, 0.717) is 11.1 Å². The van der Waals surface area contributed by atoms with Crippen molar-refractivity contribution in [1.29, 1.82) is 0 Å². The number of halogens is 1. The zero-order valence-electron chi connectivity index (χ0n) is 7.70. The summed E-state index contributed by atoms with van der Waals surface area (Å²) in [6.07, 6.45) is 1.07. The van der Waals surface area contributed by atoms with Crippen LogP contribution < -0.4 is 5.73 Å². The fraction of sp³-hybridized carbons (Fsp3) is 0.333. The molecule has 1 atom stereocenters. The molecule has 1 aromatic heterocycles. The highest BCUT2D eigenvalue weighted by atomic mass is 19.1. The van der Waals surface area contributed by atoms with Gasteiger partial charge in [-0.15, -0.1) is 0 Å². The number of rotatable bonds is 3. The van der Waals surface area contributed by atoms with Crippen molar-refractivity contribution in [2.75, 3.05) is 0 Å². The van der Waals surface area contributed by atoms with Crippen molar-refractivity contribution < 1.29 is 14.3 Å². The van der Waals surface area contributed by atoms with Gasteiger partial charge in [-0.2, -0.15) is 4.39 Å². The topological polar surface area (TPSA) is 76.2 Å². The molecule has 4 nitrogen and oxygen atoms in total. The van der Waals surface area contributed by atoms with Gasteiger partial charge in [0.05, 0.1) is 6.42 Å². The Morgan fingerprint density at radius 3 is 2.93 bits per heavy atom. The average molecular weight is 198 g/mol. The standard InChI is InChI=1S/C9H11FN2O2/c1-5-2-6(4-12-9(5)10)7(11)3-8(13)14/h2,4,7H,3,11H2,1H3,(H,13,14)/t7-/m0/s1. The van der Waals surface area contributed by atoms with Crippen molar-refractivity contribution in [2.24, 2.45) is 5.73 Å². The second kappa shape index (κ2) is 4.15. The molecule has 1 heterocycles. The fourth-order valence-corrected chi connectivity index (χ4v) is 1.09. The van der Waals surface area contributed by atoms with E-state index in [1.165, 1.54) is 12.3 Å². The van der Waals surface area contributed by atoms with E-state index in [2.05, 4.69) is 4.98 Å². The van der Waals surface area contributed by atoms with E-state index < -0.39 is 18.0 Å². The summed E-state index contributed by atoms with van der Waals surface area (Å²) < 4.78 is 12.8. The molecule has 0 saturated heterocycles. The number of hydrogen-bond acceptors (Lipinski definition) is 3. The van der Waals surface area contributed by atoms with Crippen molar-refractivity contribution in [3.8, 4) is 0 Å². The minimum absolute atomic E-state index is 0.188. The summed E-state index contributed by atoms with van der Waals surface area (Å²) in [5.41, 5.74) is 6.47. The molecule has 0 unspecified atom stereocenters. The van der Waals surface area contributed by atoms with E-state index >= 15 is 0 Å². The zero-order valence-corrected chi connectivity index (χ0v) is 7.70. The van der Waals surface area contributed by atoms with E-state index in [0.717, 1.165) is 0 Å². The number of aryl methyl sites for hydroxylation is 1. The molecule has 0 fully saturated rings. The first-order chi connectivity index (χ1) is 6.50. The van der Waals surface area contributed by atoms with Gasteiger partial charge in [0.25, 0.3) is 0 Å². The maximum Gasteiger partial charge on any atom is 0.305 e. The summed E-state index contributed by atoms with van der Waals surface area (Å²) in [4.78, 5) is 13.8. The number of aliphatic carboxylic acids is 1. The third-order valence-corrected chi connectivity index (χ3v) is 1.86. The average Bonchev–Trinajstić information content (AvgIpc) is 2.08. The zero-order chi connectivity index (χ0) is 10.7. The Kier molecular flexibility index (Phi) is 3.14. The van der Waals surface area contributed by atoms with Gasteiger partial charge in [-0.3, -0.25) is 4.79 Å². The molecule has 1 rings (SSSR count). The molecule has 3 N–H and O–H groups in total. The molecule has 0 bridgehead atoms. The third kappa shape index (κ3) is 2.50. The van der Waals surface area contributed by atoms with Crippen LogP contribution >= 0.6 is 0 Å². The molecule has 5 heteroatoms.